The van der Waals surface area contributed by atoms with Gasteiger partial charge in [-0.2, -0.15) is 0 Å². The first-order valence-corrected chi connectivity index (χ1v) is 9.21. The highest BCUT2D eigenvalue weighted by atomic mass is 16.5. The van der Waals surface area contributed by atoms with Gasteiger partial charge in [-0.05, 0) is 24.3 Å². The smallest absolute Gasteiger partial charge is 0.126 e. The fourth-order valence-corrected chi connectivity index (χ4v) is 2.78. The summed E-state index contributed by atoms with van der Waals surface area (Å²) in [4.78, 5) is 11.2. The van der Waals surface area contributed by atoms with Gasteiger partial charge in [0.05, 0.1) is 37.0 Å². The first kappa shape index (κ1) is 19.3. The molecule has 1 fully saturated rings. The van der Waals surface area contributed by atoms with E-state index in [1.54, 1.807) is 17.4 Å². The van der Waals surface area contributed by atoms with Gasteiger partial charge in [0.15, 0.2) is 0 Å². The predicted octanol–water partition coefficient (Wildman–Crippen LogP) is 0.603. The summed E-state index contributed by atoms with van der Waals surface area (Å²) >= 11 is 0. The fraction of sp³-hybridized carbons (Fsp3) is 0.444. The average molecular weight is 372 g/mol. The molecule has 146 valence electrons. The van der Waals surface area contributed by atoms with Crippen molar-refractivity contribution in [2.45, 2.75) is 0 Å². The zero-order valence-electron chi connectivity index (χ0n) is 15.5. The van der Waals surface area contributed by atoms with Gasteiger partial charge in [0.25, 0.3) is 0 Å². The van der Waals surface area contributed by atoms with Crippen LogP contribution in [-0.2, 0) is 4.74 Å². The predicted molar refractivity (Wildman–Crippen MR) is 108 cm³/mol. The number of pyridine rings is 2. The maximum atomic E-state index is 6.19. The van der Waals surface area contributed by atoms with E-state index in [9.17, 15) is 0 Å². The number of nitrogens with zero attached hydrogens (tertiary/aromatic N) is 4. The number of morpholine rings is 1. The molecule has 9 heteroatoms. The van der Waals surface area contributed by atoms with Crippen LogP contribution in [-0.4, -0.2) is 67.4 Å². The molecule has 2 aromatic heterocycles. The Labute approximate surface area is 159 Å². The SMILES string of the molecule is NCCNc1ccc(N(N)c2ccc(NCCN3CCOCC3)nc2)cn1. The summed E-state index contributed by atoms with van der Waals surface area (Å²) in [6, 6.07) is 7.64. The summed E-state index contributed by atoms with van der Waals surface area (Å²) in [6.07, 6.45) is 3.46. The fourth-order valence-electron chi connectivity index (χ4n) is 2.78. The van der Waals surface area contributed by atoms with Crippen molar-refractivity contribution in [2.75, 3.05) is 68.1 Å². The van der Waals surface area contributed by atoms with E-state index in [-0.39, 0.29) is 0 Å². The third kappa shape index (κ3) is 5.76. The first-order valence-electron chi connectivity index (χ1n) is 9.21. The topological polar surface area (TPSA) is 118 Å². The highest BCUT2D eigenvalue weighted by molar-refractivity contribution is 5.62. The quantitative estimate of drug-likeness (QED) is 0.371. The van der Waals surface area contributed by atoms with Crippen LogP contribution in [0.3, 0.4) is 0 Å². The maximum absolute atomic E-state index is 6.19. The van der Waals surface area contributed by atoms with Crippen LogP contribution in [0.2, 0.25) is 0 Å². The van der Waals surface area contributed by atoms with E-state index >= 15 is 0 Å². The van der Waals surface area contributed by atoms with Gasteiger partial charge < -0.3 is 21.1 Å². The molecule has 0 saturated carbocycles. The Bertz CT molecular complexity index is 673. The van der Waals surface area contributed by atoms with Gasteiger partial charge in [0.2, 0.25) is 0 Å². The van der Waals surface area contributed by atoms with E-state index in [2.05, 4.69) is 25.5 Å². The normalized spacial score (nSPS) is 14.7. The second-order valence-electron chi connectivity index (χ2n) is 6.27. The van der Waals surface area contributed by atoms with Crippen LogP contribution in [0.15, 0.2) is 36.7 Å². The molecule has 1 aliphatic rings. The maximum Gasteiger partial charge on any atom is 0.126 e. The summed E-state index contributed by atoms with van der Waals surface area (Å²) in [5.41, 5.74) is 7.04. The summed E-state index contributed by atoms with van der Waals surface area (Å²) in [5.74, 6) is 7.80. The van der Waals surface area contributed by atoms with Crippen LogP contribution >= 0.6 is 0 Å². The molecule has 1 aliphatic heterocycles. The summed E-state index contributed by atoms with van der Waals surface area (Å²) in [5, 5.41) is 8.03. The summed E-state index contributed by atoms with van der Waals surface area (Å²) < 4.78 is 5.36. The molecular formula is C18H28N8O. The number of nitrogens with two attached hydrogens (primary N) is 2. The Morgan fingerprint density at radius 2 is 1.56 bits per heavy atom. The molecule has 0 spiro atoms. The van der Waals surface area contributed by atoms with Crippen molar-refractivity contribution in [1.29, 1.82) is 0 Å². The van der Waals surface area contributed by atoms with Gasteiger partial charge in [-0.1, -0.05) is 0 Å². The lowest BCUT2D eigenvalue weighted by Gasteiger charge is -2.26. The zero-order valence-corrected chi connectivity index (χ0v) is 15.5. The van der Waals surface area contributed by atoms with Crippen molar-refractivity contribution < 1.29 is 4.74 Å². The molecule has 0 unspecified atom stereocenters. The third-order valence-electron chi connectivity index (χ3n) is 4.34. The van der Waals surface area contributed by atoms with Crippen molar-refractivity contribution in [3.05, 3.63) is 36.7 Å². The molecule has 3 heterocycles. The van der Waals surface area contributed by atoms with Crippen LogP contribution < -0.4 is 27.2 Å². The highest BCUT2D eigenvalue weighted by Crippen LogP contribution is 2.22. The molecule has 1 saturated heterocycles. The zero-order chi connectivity index (χ0) is 18.9. The van der Waals surface area contributed by atoms with Crippen molar-refractivity contribution >= 4 is 23.0 Å². The van der Waals surface area contributed by atoms with Crippen LogP contribution in [0.25, 0.3) is 0 Å². The molecule has 0 amide bonds. The Balaban J connectivity index is 1.49. The molecule has 0 atom stereocenters. The Morgan fingerprint density at radius 3 is 2.07 bits per heavy atom. The largest absolute Gasteiger partial charge is 0.379 e. The number of anilines is 4. The molecule has 0 aliphatic carbocycles. The summed E-state index contributed by atoms with van der Waals surface area (Å²) in [7, 11) is 0. The van der Waals surface area contributed by atoms with Crippen LogP contribution in [0, 0.1) is 0 Å². The molecule has 0 bridgehead atoms. The van der Waals surface area contributed by atoms with Gasteiger partial charge in [-0.3, -0.25) is 9.91 Å². The third-order valence-corrected chi connectivity index (χ3v) is 4.34. The van der Waals surface area contributed by atoms with Crippen LogP contribution in [0.1, 0.15) is 0 Å². The Hall–Kier alpha value is -2.46. The lowest BCUT2D eigenvalue weighted by atomic mass is 10.3. The van der Waals surface area contributed by atoms with Gasteiger partial charge in [0.1, 0.15) is 11.6 Å². The number of hydrogen-bond acceptors (Lipinski definition) is 9. The summed E-state index contributed by atoms with van der Waals surface area (Å²) in [6.45, 7) is 6.69. The van der Waals surface area contributed by atoms with E-state index in [1.165, 1.54) is 0 Å². The van der Waals surface area contributed by atoms with Gasteiger partial charge in [-0.25, -0.2) is 15.8 Å². The number of aromatic nitrogens is 2. The van der Waals surface area contributed by atoms with E-state index in [0.29, 0.717) is 13.1 Å². The molecule has 9 nitrogen and oxygen atoms in total. The number of hydrazine groups is 1. The van der Waals surface area contributed by atoms with E-state index in [4.69, 9.17) is 16.3 Å². The molecule has 0 radical (unpaired) electrons. The molecular weight excluding hydrogens is 344 g/mol. The van der Waals surface area contributed by atoms with Crippen LogP contribution in [0.4, 0.5) is 23.0 Å². The molecule has 2 aromatic rings. The van der Waals surface area contributed by atoms with Gasteiger partial charge >= 0.3 is 0 Å². The lowest BCUT2D eigenvalue weighted by molar-refractivity contribution is 0.0398. The van der Waals surface area contributed by atoms with E-state index in [0.717, 1.165) is 62.4 Å². The Morgan fingerprint density at radius 1 is 0.963 bits per heavy atom. The van der Waals surface area contributed by atoms with E-state index < -0.39 is 0 Å². The second kappa shape index (κ2) is 10.0. The number of ether oxygens (including phenoxy) is 1. The molecule has 3 rings (SSSR count). The van der Waals surface area contributed by atoms with Crippen molar-refractivity contribution in [3.63, 3.8) is 0 Å². The van der Waals surface area contributed by atoms with Crippen LogP contribution in [0.5, 0.6) is 0 Å². The van der Waals surface area contributed by atoms with Gasteiger partial charge in [-0.15, -0.1) is 0 Å². The second-order valence-corrected chi connectivity index (χ2v) is 6.27. The Kier molecular flexibility index (Phi) is 7.17. The number of hydrogen-bond donors (Lipinski definition) is 4. The monoisotopic (exact) mass is 372 g/mol. The standard InChI is InChI=1S/C18H28N8O/c19-5-6-21-17-3-1-15(13-23-17)26(20)16-2-4-18(24-14-16)22-7-8-25-9-11-27-12-10-25/h1-4,13-14H,5-12,19-20H2,(H,21,23)(H,22,24). The van der Waals surface area contributed by atoms with Crippen molar-refractivity contribution in [1.82, 2.24) is 14.9 Å². The van der Waals surface area contributed by atoms with E-state index in [1.807, 2.05) is 24.3 Å². The number of rotatable bonds is 9. The number of nitrogens with one attached hydrogen (secondary N) is 2. The first-order chi connectivity index (χ1) is 13.3. The minimum atomic E-state index is 0.560. The lowest BCUT2D eigenvalue weighted by Crippen LogP contribution is -2.39. The van der Waals surface area contributed by atoms with Crippen molar-refractivity contribution in [3.8, 4) is 0 Å². The molecule has 0 aromatic carbocycles. The molecule has 27 heavy (non-hydrogen) atoms. The van der Waals surface area contributed by atoms with Gasteiger partial charge in [0, 0.05) is 39.3 Å². The average Bonchev–Trinajstić information content (AvgIpc) is 2.73. The highest BCUT2D eigenvalue weighted by Gasteiger charge is 2.10. The van der Waals surface area contributed by atoms with Crippen molar-refractivity contribution in [2.24, 2.45) is 11.6 Å². The molecule has 6 N–H and O–H groups in total. The minimum absolute atomic E-state index is 0.560. The minimum Gasteiger partial charge on any atom is -0.379 e.